The fraction of sp³-hybridized carbons (Fsp3) is 0.500. The molecule has 0 atom stereocenters. The molecule has 14 heavy (non-hydrogen) atoms. The van der Waals surface area contributed by atoms with Gasteiger partial charge in [0.15, 0.2) is 0 Å². The van der Waals surface area contributed by atoms with E-state index in [9.17, 15) is 0 Å². The lowest BCUT2D eigenvalue weighted by atomic mass is 9.98. The second kappa shape index (κ2) is 2.91. The minimum Gasteiger partial charge on any atom is -0.376 e. The molecule has 1 aromatic carbocycles. The van der Waals surface area contributed by atoms with E-state index in [1.807, 2.05) is 0 Å². The zero-order valence-electron chi connectivity index (χ0n) is 9.39. The summed E-state index contributed by atoms with van der Waals surface area (Å²) in [6.45, 7) is 7.67. The van der Waals surface area contributed by atoms with Gasteiger partial charge < -0.3 is 10.2 Å². The van der Waals surface area contributed by atoms with Crippen LogP contribution in [0.4, 0.5) is 11.4 Å². The third-order valence-corrected chi connectivity index (χ3v) is 2.76. The number of nitrogens with one attached hydrogen (secondary N) is 1. The molecule has 2 rings (SSSR count). The summed E-state index contributed by atoms with van der Waals surface area (Å²) in [4.78, 5) is 2.32. The number of likely N-dealkylation sites (N-methyl/N-ethyl adjacent to an activating group) is 1. The van der Waals surface area contributed by atoms with Crippen LogP contribution in [0.2, 0.25) is 0 Å². The van der Waals surface area contributed by atoms with Gasteiger partial charge in [-0.25, -0.2) is 0 Å². The van der Waals surface area contributed by atoms with E-state index in [2.05, 4.69) is 56.2 Å². The first-order chi connectivity index (χ1) is 6.49. The summed E-state index contributed by atoms with van der Waals surface area (Å²) in [5, 5.41) is 3.59. The average Bonchev–Trinajstić information content (AvgIpc) is 2.05. The van der Waals surface area contributed by atoms with Crippen LogP contribution in [0.25, 0.3) is 0 Å². The SMILES string of the molecule is Cc1cccc2c1NC(C)(C)CN2C. The van der Waals surface area contributed by atoms with Crippen LogP contribution in [-0.2, 0) is 0 Å². The number of hydrogen-bond acceptors (Lipinski definition) is 2. The Balaban J connectivity index is 2.51. The van der Waals surface area contributed by atoms with Crippen molar-refractivity contribution in [3.05, 3.63) is 23.8 Å². The summed E-state index contributed by atoms with van der Waals surface area (Å²) in [6, 6.07) is 6.44. The lowest BCUT2D eigenvalue weighted by Crippen LogP contribution is -2.47. The third kappa shape index (κ3) is 1.45. The molecule has 2 heteroatoms. The predicted octanol–water partition coefficient (Wildman–Crippen LogP) is 2.64. The highest BCUT2D eigenvalue weighted by Gasteiger charge is 2.27. The molecule has 0 spiro atoms. The van der Waals surface area contributed by atoms with Gasteiger partial charge in [0.1, 0.15) is 0 Å². The quantitative estimate of drug-likeness (QED) is 0.676. The Bertz CT molecular complexity index is 355. The van der Waals surface area contributed by atoms with Gasteiger partial charge in [0.05, 0.1) is 11.4 Å². The summed E-state index contributed by atoms with van der Waals surface area (Å²) >= 11 is 0. The highest BCUT2D eigenvalue weighted by Crippen LogP contribution is 2.35. The standard InChI is InChI=1S/C12H18N2/c1-9-6-5-7-10-11(9)13-12(2,3)8-14(10)4/h5-7,13H,8H2,1-4H3. The van der Waals surface area contributed by atoms with Crippen LogP contribution in [0.5, 0.6) is 0 Å². The first-order valence-corrected chi connectivity index (χ1v) is 5.08. The molecular weight excluding hydrogens is 172 g/mol. The zero-order valence-corrected chi connectivity index (χ0v) is 9.39. The minimum atomic E-state index is 0.161. The molecule has 0 fully saturated rings. The maximum absolute atomic E-state index is 3.59. The van der Waals surface area contributed by atoms with Crippen molar-refractivity contribution >= 4 is 11.4 Å². The first-order valence-electron chi connectivity index (χ1n) is 5.08. The van der Waals surface area contributed by atoms with E-state index in [1.54, 1.807) is 0 Å². The topological polar surface area (TPSA) is 15.3 Å². The Hall–Kier alpha value is -1.18. The van der Waals surface area contributed by atoms with Crippen LogP contribution in [0, 0.1) is 6.92 Å². The number of nitrogens with zero attached hydrogens (tertiary/aromatic N) is 1. The van der Waals surface area contributed by atoms with Crippen LogP contribution in [0.1, 0.15) is 19.4 Å². The Morgan fingerprint density at radius 3 is 2.79 bits per heavy atom. The maximum Gasteiger partial charge on any atom is 0.0612 e. The summed E-state index contributed by atoms with van der Waals surface area (Å²) < 4.78 is 0. The van der Waals surface area contributed by atoms with Crippen molar-refractivity contribution in [3.8, 4) is 0 Å². The van der Waals surface area contributed by atoms with Gasteiger partial charge in [-0.3, -0.25) is 0 Å². The van der Waals surface area contributed by atoms with Gasteiger partial charge in [-0.05, 0) is 32.4 Å². The number of hydrogen-bond donors (Lipinski definition) is 1. The lowest BCUT2D eigenvalue weighted by Gasteiger charge is -2.41. The van der Waals surface area contributed by atoms with E-state index in [0.717, 1.165) is 6.54 Å². The van der Waals surface area contributed by atoms with E-state index >= 15 is 0 Å². The molecular formula is C12H18N2. The van der Waals surface area contributed by atoms with Crippen LogP contribution in [0.15, 0.2) is 18.2 Å². The maximum atomic E-state index is 3.59. The fourth-order valence-electron chi connectivity index (χ4n) is 2.19. The van der Waals surface area contributed by atoms with Crippen molar-refractivity contribution in [3.63, 3.8) is 0 Å². The molecule has 0 bridgehead atoms. The fourth-order valence-corrected chi connectivity index (χ4v) is 2.19. The molecule has 1 aliphatic rings. The van der Waals surface area contributed by atoms with Crippen molar-refractivity contribution < 1.29 is 0 Å². The van der Waals surface area contributed by atoms with E-state index < -0.39 is 0 Å². The molecule has 1 N–H and O–H groups in total. The molecule has 1 aromatic rings. The van der Waals surface area contributed by atoms with Gasteiger partial charge in [-0.1, -0.05) is 12.1 Å². The van der Waals surface area contributed by atoms with Crippen molar-refractivity contribution in [2.75, 3.05) is 23.8 Å². The molecule has 2 nitrogen and oxygen atoms in total. The second-order valence-electron chi connectivity index (χ2n) is 4.83. The van der Waals surface area contributed by atoms with E-state index in [0.29, 0.717) is 0 Å². The average molecular weight is 190 g/mol. The largest absolute Gasteiger partial charge is 0.376 e. The number of fused-ring (bicyclic) bond motifs is 1. The van der Waals surface area contributed by atoms with Crippen molar-refractivity contribution in [1.82, 2.24) is 0 Å². The Morgan fingerprint density at radius 1 is 1.36 bits per heavy atom. The number of aryl methyl sites for hydroxylation is 1. The third-order valence-electron chi connectivity index (χ3n) is 2.76. The van der Waals surface area contributed by atoms with Crippen molar-refractivity contribution in [1.29, 1.82) is 0 Å². The highest BCUT2D eigenvalue weighted by molar-refractivity contribution is 5.76. The van der Waals surface area contributed by atoms with Gasteiger partial charge in [-0.15, -0.1) is 0 Å². The number of anilines is 2. The molecule has 76 valence electrons. The van der Waals surface area contributed by atoms with Crippen LogP contribution >= 0.6 is 0 Å². The van der Waals surface area contributed by atoms with Crippen LogP contribution < -0.4 is 10.2 Å². The monoisotopic (exact) mass is 190 g/mol. The van der Waals surface area contributed by atoms with Gasteiger partial charge in [0.2, 0.25) is 0 Å². The molecule has 0 radical (unpaired) electrons. The van der Waals surface area contributed by atoms with Crippen molar-refractivity contribution in [2.45, 2.75) is 26.3 Å². The summed E-state index contributed by atoms with van der Waals surface area (Å²) in [5.41, 5.74) is 4.08. The number of rotatable bonds is 0. The van der Waals surface area contributed by atoms with Crippen LogP contribution in [0.3, 0.4) is 0 Å². The summed E-state index contributed by atoms with van der Waals surface area (Å²) in [5.74, 6) is 0. The van der Waals surface area contributed by atoms with Gasteiger partial charge in [-0.2, -0.15) is 0 Å². The van der Waals surface area contributed by atoms with E-state index in [-0.39, 0.29) is 5.54 Å². The van der Waals surface area contributed by atoms with E-state index in [4.69, 9.17) is 0 Å². The Kier molecular flexibility index (Phi) is 1.95. The first kappa shape index (κ1) is 9.38. The smallest absolute Gasteiger partial charge is 0.0612 e. The van der Waals surface area contributed by atoms with Gasteiger partial charge in [0, 0.05) is 19.1 Å². The molecule has 0 aliphatic carbocycles. The summed E-state index contributed by atoms with van der Waals surface area (Å²) in [7, 11) is 2.15. The number of benzene rings is 1. The summed E-state index contributed by atoms with van der Waals surface area (Å²) in [6.07, 6.45) is 0. The normalized spacial score (nSPS) is 18.7. The molecule has 1 heterocycles. The molecule has 0 amide bonds. The van der Waals surface area contributed by atoms with Crippen molar-refractivity contribution in [2.24, 2.45) is 0 Å². The van der Waals surface area contributed by atoms with Crippen LogP contribution in [-0.4, -0.2) is 19.1 Å². The highest BCUT2D eigenvalue weighted by atomic mass is 15.2. The number of para-hydroxylation sites is 1. The lowest BCUT2D eigenvalue weighted by molar-refractivity contribution is 0.549. The second-order valence-corrected chi connectivity index (χ2v) is 4.83. The molecule has 0 aromatic heterocycles. The minimum absolute atomic E-state index is 0.161. The molecule has 0 unspecified atom stereocenters. The predicted molar refractivity (Wildman–Crippen MR) is 62.2 cm³/mol. The molecule has 1 aliphatic heterocycles. The Morgan fingerprint density at radius 2 is 2.07 bits per heavy atom. The molecule has 0 saturated carbocycles. The van der Waals surface area contributed by atoms with Gasteiger partial charge in [0.25, 0.3) is 0 Å². The van der Waals surface area contributed by atoms with E-state index in [1.165, 1.54) is 16.9 Å². The van der Waals surface area contributed by atoms with Gasteiger partial charge >= 0.3 is 0 Å². The molecule has 0 saturated heterocycles. The zero-order chi connectivity index (χ0) is 10.3. The Labute approximate surface area is 85.9 Å².